The molecule has 5 nitrogen and oxygen atoms in total. The predicted molar refractivity (Wildman–Crippen MR) is 67.1 cm³/mol. The molecule has 1 aromatic heterocycles. The number of nitrogen functional groups attached to an aromatic ring is 1. The third kappa shape index (κ3) is 3.06. The average Bonchev–Trinajstić information content (AvgIpc) is 3.08. The minimum Gasteiger partial charge on any atom is -0.476 e. The summed E-state index contributed by atoms with van der Waals surface area (Å²) < 4.78 is 5.67. The van der Waals surface area contributed by atoms with Gasteiger partial charge in [-0.1, -0.05) is 0 Å². The van der Waals surface area contributed by atoms with Crippen molar-refractivity contribution in [1.82, 2.24) is 14.9 Å². The van der Waals surface area contributed by atoms with E-state index in [-0.39, 0.29) is 0 Å². The summed E-state index contributed by atoms with van der Waals surface area (Å²) in [5.41, 5.74) is 6.59. The maximum absolute atomic E-state index is 5.77. The molecule has 5 heteroatoms. The summed E-state index contributed by atoms with van der Waals surface area (Å²) in [6.45, 7) is 5.27. The lowest BCUT2D eigenvalue weighted by Crippen LogP contribution is -2.26. The van der Waals surface area contributed by atoms with E-state index in [2.05, 4.69) is 21.9 Å². The van der Waals surface area contributed by atoms with Gasteiger partial charge in [0.25, 0.3) is 0 Å². The molecule has 1 aliphatic rings. The van der Waals surface area contributed by atoms with Gasteiger partial charge in [-0.2, -0.15) is 4.98 Å². The Morgan fingerprint density at radius 2 is 2.06 bits per heavy atom. The number of aryl methyl sites for hydroxylation is 1. The number of nitrogens with zero attached hydrogens (tertiary/aromatic N) is 3. The van der Waals surface area contributed by atoms with Crippen molar-refractivity contribution in [3.63, 3.8) is 0 Å². The van der Waals surface area contributed by atoms with Gasteiger partial charge in [-0.05, 0) is 33.7 Å². The Kier molecular flexibility index (Phi) is 3.47. The Morgan fingerprint density at radius 1 is 1.35 bits per heavy atom. The molecule has 0 bridgehead atoms. The molecule has 17 heavy (non-hydrogen) atoms. The van der Waals surface area contributed by atoms with E-state index in [9.17, 15) is 0 Å². The summed E-state index contributed by atoms with van der Waals surface area (Å²) in [5, 5.41) is 0. The molecule has 0 unspecified atom stereocenters. The van der Waals surface area contributed by atoms with Gasteiger partial charge in [0.1, 0.15) is 18.2 Å². The van der Waals surface area contributed by atoms with E-state index >= 15 is 0 Å². The van der Waals surface area contributed by atoms with Gasteiger partial charge in [-0.15, -0.1) is 0 Å². The molecule has 0 saturated heterocycles. The van der Waals surface area contributed by atoms with Gasteiger partial charge < -0.3 is 15.4 Å². The van der Waals surface area contributed by atoms with Crippen molar-refractivity contribution in [3.8, 4) is 5.88 Å². The van der Waals surface area contributed by atoms with Crippen LogP contribution in [0.4, 0.5) is 5.82 Å². The topological polar surface area (TPSA) is 64.3 Å². The second kappa shape index (κ2) is 4.87. The third-order valence-electron chi connectivity index (χ3n) is 3.10. The summed E-state index contributed by atoms with van der Waals surface area (Å²) in [6.07, 6.45) is 2.63. The van der Waals surface area contributed by atoms with Crippen molar-refractivity contribution in [2.24, 2.45) is 0 Å². The summed E-state index contributed by atoms with van der Waals surface area (Å²) >= 11 is 0. The second-order valence-corrected chi connectivity index (χ2v) is 4.65. The van der Waals surface area contributed by atoms with Crippen molar-refractivity contribution in [2.75, 3.05) is 25.9 Å². The van der Waals surface area contributed by atoms with E-state index in [1.54, 1.807) is 0 Å². The fourth-order valence-corrected chi connectivity index (χ4v) is 1.75. The Bertz CT molecular complexity index is 404. The molecule has 0 amide bonds. The minimum atomic E-state index is 0.503. The Hall–Kier alpha value is -1.36. The SMILES string of the molecule is Cc1nc(N)c(C)c(OCCN(C)C2CC2)n1. The summed E-state index contributed by atoms with van der Waals surface area (Å²) in [7, 11) is 2.13. The van der Waals surface area contributed by atoms with E-state index in [4.69, 9.17) is 10.5 Å². The third-order valence-corrected chi connectivity index (χ3v) is 3.10. The molecule has 1 aromatic rings. The highest BCUT2D eigenvalue weighted by atomic mass is 16.5. The first-order valence-electron chi connectivity index (χ1n) is 6.01. The lowest BCUT2D eigenvalue weighted by Gasteiger charge is -2.16. The first-order valence-corrected chi connectivity index (χ1v) is 6.01. The number of rotatable bonds is 5. The van der Waals surface area contributed by atoms with Crippen molar-refractivity contribution < 1.29 is 4.74 Å². The van der Waals surface area contributed by atoms with Crippen LogP contribution in [0, 0.1) is 13.8 Å². The molecule has 0 spiro atoms. The fourth-order valence-electron chi connectivity index (χ4n) is 1.75. The second-order valence-electron chi connectivity index (χ2n) is 4.65. The molecule has 0 aliphatic heterocycles. The van der Waals surface area contributed by atoms with Gasteiger partial charge in [0.05, 0.1) is 5.56 Å². The molecule has 94 valence electrons. The van der Waals surface area contributed by atoms with Crippen LogP contribution in [0.25, 0.3) is 0 Å². The number of anilines is 1. The average molecular weight is 236 g/mol. The summed E-state index contributed by atoms with van der Waals surface area (Å²) in [4.78, 5) is 10.7. The van der Waals surface area contributed by atoms with Gasteiger partial charge in [0.2, 0.25) is 5.88 Å². The van der Waals surface area contributed by atoms with Crippen LogP contribution in [0.5, 0.6) is 5.88 Å². The first kappa shape index (κ1) is 12.1. The molecular formula is C12H20N4O. The lowest BCUT2D eigenvalue weighted by atomic mass is 10.3. The molecule has 1 saturated carbocycles. The number of ether oxygens (including phenoxy) is 1. The van der Waals surface area contributed by atoms with E-state index < -0.39 is 0 Å². The highest BCUT2D eigenvalue weighted by molar-refractivity contribution is 5.44. The normalized spacial score (nSPS) is 15.3. The number of hydrogen-bond donors (Lipinski definition) is 1. The van der Waals surface area contributed by atoms with Gasteiger partial charge in [-0.3, -0.25) is 0 Å². The Labute approximate surface area is 102 Å². The lowest BCUT2D eigenvalue weighted by molar-refractivity contribution is 0.225. The van der Waals surface area contributed by atoms with Crippen LogP contribution >= 0.6 is 0 Å². The zero-order valence-electron chi connectivity index (χ0n) is 10.7. The fraction of sp³-hybridized carbons (Fsp3) is 0.667. The molecule has 1 fully saturated rings. The van der Waals surface area contributed by atoms with Crippen LogP contribution in [0.1, 0.15) is 24.2 Å². The number of nitrogens with two attached hydrogens (primary N) is 1. The molecule has 1 heterocycles. The van der Waals surface area contributed by atoms with Crippen molar-refractivity contribution >= 4 is 5.82 Å². The van der Waals surface area contributed by atoms with Crippen LogP contribution in [-0.2, 0) is 0 Å². The first-order chi connectivity index (χ1) is 8.08. The highest BCUT2D eigenvalue weighted by Gasteiger charge is 2.25. The molecule has 0 atom stereocenters. The molecule has 0 radical (unpaired) electrons. The van der Waals surface area contributed by atoms with Gasteiger partial charge >= 0.3 is 0 Å². The maximum atomic E-state index is 5.77. The minimum absolute atomic E-state index is 0.503. The summed E-state index contributed by atoms with van der Waals surface area (Å²) in [5.74, 6) is 1.76. The zero-order chi connectivity index (χ0) is 12.4. The van der Waals surface area contributed by atoms with Crippen molar-refractivity contribution in [1.29, 1.82) is 0 Å². The van der Waals surface area contributed by atoms with Gasteiger partial charge in [-0.25, -0.2) is 4.98 Å². The van der Waals surface area contributed by atoms with Gasteiger partial charge in [0, 0.05) is 12.6 Å². The van der Waals surface area contributed by atoms with Crippen molar-refractivity contribution in [2.45, 2.75) is 32.7 Å². The zero-order valence-corrected chi connectivity index (χ0v) is 10.7. The van der Waals surface area contributed by atoms with Crippen LogP contribution in [0.3, 0.4) is 0 Å². The van der Waals surface area contributed by atoms with Crippen LogP contribution in [0.15, 0.2) is 0 Å². The molecule has 0 aromatic carbocycles. The molecular weight excluding hydrogens is 216 g/mol. The predicted octanol–water partition coefficient (Wildman–Crippen LogP) is 1.15. The van der Waals surface area contributed by atoms with Crippen LogP contribution in [0.2, 0.25) is 0 Å². The van der Waals surface area contributed by atoms with E-state index in [1.165, 1.54) is 12.8 Å². The standard InChI is InChI=1S/C12H20N4O/c1-8-11(13)14-9(2)15-12(8)17-7-6-16(3)10-4-5-10/h10H,4-7H2,1-3H3,(H2,13,14,15). The number of hydrogen-bond acceptors (Lipinski definition) is 5. The maximum Gasteiger partial charge on any atom is 0.221 e. The number of aromatic nitrogens is 2. The number of likely N-dealkylation sites (N-methyl/N-ethyl adjacent to an activating group) is 1. The smallest absolute Gasteiger partial charge is 0.221 e. The highest BCUT2D eigenvalue weighted by Crippen LogP contribution is 2.25. The summed E-state index contributed by atoms with van der Waals surface area (Å²) in [6, 6.07) is 0.761. The van der Waals surface area contributed by atoms with E-state index in [0.29, 0.717) is 24.1 Å². The van der Waals surface area contributed by atoms with Crippen molar-refractivity contribution in [3.05, 3.63) is 11.4 Å². The largest absolute Gasteiger partial charge is 0.476 e. The van der Waals surface area contributed by atoms with E-state index in [1.807, 2.05) is 13.8 Å². The molecule has 1 aliphatic carbocycles. The molecule has 2 rings (SSSR count). The van der Waals surface area contributed by atoms with E-state index in [0.717, 1.165) is 18.2 Å². The monoisotopic (exact) mass is 236 g/mol. The quantitative estimate of drug-likeness (QED) is 0.830. The Morgan fingerprint density at radius 3 is 2.71 bits per heavy atom. The van der Waals surface area contributed by atoms with Gasteiger partial charge in [0.15, 0.2) is 0 Å². The Balaban J connectivity index is 1.89. The van der Waals surface area contributed by atoms with Crippen LogP contribution in [-0.4, -0.2) is 41.1 Å². The van der Waals surface area contributed by atoms with Crippen LogP contribution < -0.4 is 10.5 Å². The molecule has 2 N–H and O–H groups in total.